The molecule has 1 fully saturated rings. The van der Waals surface area contributed by atoms with Crippen LogP contribution in [0.5, 0.6) is 17.6 Å². The van der Waals surface area contributed by atoms with Crippen LogP contribution in [-0.4, -0.2) is 40.7 Å². The number of aromatic amines is 2. The van der Waals surface area contributed by atoms with Gasteiger partial charge in [-0.1, -0.05) is 0 Å². The fourth-order valence-corrected chi connectivity index (χ4v) is 2.81. The minimum Gasteiger partial charge on any atom is -0.493 e. The maximum Gasteiger partial charge on any atom is 0.327 e. The summed E-state index contributed by atoms with van der Waals surface area (Å²) in [6.07, 6.45) is 5.03. The molecule has 148 valence electrons. The molecule has 0 unspecified atom stereocenters. The van der Waals surface area contributed by atoms with E-state index in [1.54, 1.807) is 24.3 Å². The number of fused-ring (bicyclic) bond motifs is 1. The summed E-state index contributed by atoms with van der Waals surface area (Å²) in [5.74, 6) is 0.179. The van der Waals surface area contributed by atoms with E-state index >= 15 is 0 Å². The molecule has 0 bridgehead atoms. The fraction of sp³-hybridized carbons (Fsp3) is 0.158. The zero-order valence-electron chi connectivity index (χ0n) is 15.4. The summed E-state index contributed by atoms with van der Waals surface area (Å²) in [6.45, 7) is 0. The quantitative estimate of drug-likeness (QED) is 0.437. The Kier molecular flexibility index (Phi) is 4.03. The average molecular weight is 402 g/mol. The first kappa shape index (κ1) is 17.6. The lowest BCUT2D eigenvalue weighted by Crippen LogP contribution is -2.23. The number of hydrogen-bond donors (Lipinski definition) is 3. The number of nitriles is 1. The van der Waals surface area contributed by atoms with Gasteiger partial charge in [0, 0.05) is 5.22 Å². The van der Waals surface area contributed by atoms with Gasteiger partial charge >= 0.3 is 11.7 Å². The van der Waals surface area contributed by atoms with E-state index < -0.39 is 5.69 Å². The number of imidazole rings is 1. The van der Waals surface area contributed by atoms with Gasteiger partial charge in [-0.05, 0) is 43.2 Å². The smallest absolute Gasteiger partial charge is 0.327 e. The lowest BCUT2D eigenvalue weighted by Gasteiger charge is -2.04. The second-order valence-corrected chi connectivity index (χ2v) is 6.73. The van der Waals surface area contributed by atoms with Crippen LogP contribution in [-0.2, 0) is 0 Å². The zero-order valence-corrected chi connectivity index (χ0v) is 15.4. The molecule has 1 aromatic carbocycles. The predicted molar refractivity (Wildman–Crippen MR) is 102 cm³/mol. The summed E-state index contributed by atoms with van der Waals surface area (Å²) in [4.78, 5) is 29.5. The van der Waals surface area contributed by atoms with Crippen molar-refractivity contribution in [3.8, 4) is 23.7 Å². The van der Waals surface area contributed by atoms with Crippen LogP contribution in [0.15, 0.2) is 40.2 Å². The SMILES string of the molecule is N#Cc1ccc(Oc2nc(=NC3CC3)n3nc/c(=C/c4[nH]c(=O)[nH]c4O)c3n2)cc1. The van der Waals surface area contributed by atoms with Gasteiger partial charge < -0.3 is 14.8 Å². The predicted octanol–water partition coefficient (Wildman–Crippen LogP) is 0.121. The van der Waals surface area contributed by atoms with Crippen LogP contribution in [0.4, 0.5) is 0 Å². The molecule has 1 saturated carbocycles. The van der Waals surface area contributed by atoms with Gasteiger partial charge in [0.2, 0.25) is 5.88 Å². The van der Waals surface area contributed by atoms with Crippen LogP contribution in [0.1, 0.15) is 24.1 Å². The summed E-state index contributed by atoms with van der Waals surface area (Å²) < 4.78 is 7.25. The molecule has 3 aromatic heterocycles. The van der Waals surface area contributed by atoms with E-state index in [0.717, 1.165) is 12.8 Å². The molecule has 30 heavy (non-hydrogen) atoms. The second kappa shape index (κ2) is 6.85. The fourth-order valence-electron chi connectivity index (χ4n) is 2.81. The topological polar surface area (TPSA) is 157 Å². The summed E-state index contributed by atoms with van der Waals surface area (Å²) >= 11 is 0. The van der Waals surface area contributed by atoms with Crippen LogP contribution in [0.25, 0.3) is 11.7 Å². The maximum absolute atomic E-state index is 11.4. The van der Waals surface area contributed by atoms with Crippen molar-refractivity contribution in [2.24, 2.45) is 4.99 Å². The van der Waals surface area contributed by atoms with Crippen molar-refractivity contribution in [3.05, 3.63) is 63.0 Å². The van der Waals surface area contributed by atoms with Crippen LogP contribution >= 0.6 is 0 Å². The molecule has 0 atom stereocenters. The molecule has 11 nitrogen and oxygen atoms in total. The van der Waals surface area contributed by atoms with Crippen LogP contribution in [0.2, 0.25) is 0 Å². The zero-order chi connectivity index (χ0) is 20.7. The Hall–Kier alpha value is -4.46. The first-order valence-corrected chi connectivity index (χ1v) is 9.10. The molecule has 1 aliphatic carbocycles. The summed E-state index contributed by atoms with van der Waals surface area (Å²) in [7, 11) is 0. The van der Waals surface area contributed by atoms with Gasteiger partial charge in [-0.3, -0.25) is 4.98 Å². The summed E-state index contributed by atoms with van der Waals surface area (Å²) in [5, 5.41) is 23.6. The van der Waals surface area contributed by atoms with E-state index in [9.17, 15) is 9.90 Å². The molecule has 0 spiro atoms. The first-order chi connectivity index (χ1) is 14.6. The van der Waals surface area contributed by atoms with Crippen molar-refractivity contribution >= 4 is 11.7 Å². The molecule has 11 heteroatoms. The number of aromatic nitrogens is 6. The van der Waals surface area contributed by atoms with Crippen LogP contribution in [0.3, 0.4) is 0 Å². The van der Waals surface area contributed by atoms with Gasteiger partial charge in [0.1, 0.15) is 11.4 Å². The molecule has 1 aliphatic rings. The average Bonchev–Trinajstić information content (AvgIpc) is 3.37. The molecule has 5 rings (SSSR count). The van der Waals surface area contributed by atoms with Crippen molar-refractivity contribution in [2.75, 3.05) is 0 Å². The molecule has 0 saturated heterocycles. The third kappa shape index (κ3) is 3.37. The molecule has 3 heterocycles. The Balaban J connectivity index is 1.65. The third-order valence-electron chi connectivity index (χ3n) is 4.43. The van der Waals surface area contributed by atoms with E-state index in [0.29, 0.717) is 27.8 Å². The van der Waals surface area contributed by atoms with E-state index in [4.69, 9.17) is 10.00 Å². The number of hydrogen-bond acceptors (Lipinski definition) is 8. The van der Waals surface area contributed by atoms with Crippen molar-refractivity contribution in [2.45, 2.75) is 18.9 Å². The first-order valence-electron chi connectivity index (χ1n) is 9.10. The van der Waals surface area contributed by atoms with Crippen molar-refractivity contribution in [1.82, 2.24) is 29.5 Å². The van der Waals surface area contributed by atoms with Gasteiger partial charge in [0.25, 0.3) is 5.62 Å². The minimum absolute atomic E-state index is 0.0635. The van der Waals surface area contributed by atoms with Gasteiger partial charge in [0.15, 0.2) is 5.65 Å². The van der Waals surface area contributed by atoms with E-state index in [-0.39, 0.29) is 23.6 Å². The highest BCUT2D eigenvalue weighted by molar-refractivity contribution is 5.56. The number of nitrogens with one attached hydrogen (secondary N) is 2. The third-order valence-corrected chi connectivity index (χ3v) is 4.43. The van der Waals surface area contributed by atoms with Crippen molar-refractivity contribution in [1.29, 1.82) is 5.26 Å². The summed E-state index contributed by atoms with van der Waals surface area (Å²) in [5.41, 5.74) is 0.922. The molecule has 0 amide bonds. The molecule has 0 radical (unpaired) electrons. The number of rotatable bonds is 4. The van der Waals surface area contributed by atoms with E-state index in [1.807, 2.05) is 6.07 Å². The Morgan fingerprint density at radius 2 is 2.07 bits per heavy atom. The standard InChI is InChI=1S/C19H14N8O3/c20-8-10-1-5-13(6-2-10)30-19-24-15-11(7-14-16(28)25-18(29)23-14)9-21-27(15)17(26-19)22-12-3-4-12/h1-2,5-7,9,12,28H,3-4H2,(H2,23,25,29)/b11-7-,22-17?. The Morgan fingerprint density at radius 3 is 2.73 bits per heavy atom. The lowest BCUT2D eigenvalue weighted by atomic mass is 10.2. The van der Waals surface area contributed by atoms with Gasteiger partial charge in [-0.25, -0.2) is 9.79 Å². The normalized spacial score (nSPS) is 14.9. The number of nitrogens with zero attached hydrogens (tertiary/aromatic N) is 6. The minimum atomic E-state index is -0.529. The molecular formula is C19H14N8O3. The highest BCUT2D eigenvalue weighted by atomic mass is 16.5. The van der Waals surface area contributed by atoms with Gasteiger partial charge in [0.05, 0.1) is 23.9 Å². The number of ether oxygens (including phenoxy) is 1. The summed E-state index contributed by atoms with van der Waals surface area (Å²) in [6, 6.07) is 8.86. The number of aromatic hydroxyl groups is 1. The van der Waals surface area contributed by atoms with Gasteiger partial charge in [-0.15, -0.1) is 0 Å². The largest absolute Gasteiger partial charge is 0.493 e. The Bertz CT molecular complexity index is 1470. The Labute approximate surface area is 167 Å². The van der Waals surface area contributed by atoms with Crippen LogP contribution in [0, 0.1) is 11.3 Å². The number of benzene rings is 1. The van der Waals surface area contributed by atoms with E-state index in [1.165, 1.54) is 16.8 Å². The lowest BCUT2D eigenvalue weighted by molar-refractivity contribution is 0.435. The molecular weight excluding hydrogens is 388 g/mol. The monoisotopic (exact) mass is 402 g/mol. The van der Waals surface area contributed by atoms with Crippen molar-refractivity contribution in [3.63, 3.8) is 0 Å². The molecule has 0 aliphatic heterocycles. The molecule has 3 N–H and O–H groups in total. The van der Waals surface area contributed by atoms with Crippen molar-refractivity contribution < 1.29 is 9.84 Å². The number of H-pyrrole nitrogens is 2. The highest BCUT2D eigenvalue weighted by Crippen LogP contribution is 2.22. The Morgan fingerprint density at radius 1 is 1.27 bits per heavy atom. The van der Waals surface area contributed by atoms with E-state index in [2.05, 4.69) is 30.0 Å². The van der Waals surface area contributed by atoms with Gasteiger partial charge in [-0.2, -0.15) is 24.8 Å². The van der Waals surface area contributed by atoms with Crippen LogP contribution < -0.4 is 21.3 Å². The highest BCUT2D eigenvalue weighted by Gasteiger charge is 2.21. The molecule has 4 aromatic rings. The maximum atomic E-state index is 11.4. The second-order valence-electron chi connectivity index (χ2n) is 6.73.